The lowest BCUT2D eigenvalue weighted by Gasteiger charge is -2.15. The number of aromatic amines is 1. The van der Waals surface area contributed by atoms with Crippen LogP contribution in [0.2, 0.25) is 0 Å². The smallest absolute Gasteiger partial charge is 0.261 e. The highest BCUT2D eigenvalue weighted by molar-refractivity contribution is 5.94. The van der Waals surface area contributed by atoms with E-state index in [2.05, 4.69) is 4.98 Å². The van der Waals surface area contributed by atoms with Crippen molar-refractivity contribution in [3.8, 4) is 11.3 Å². The number of likely N-dealkylation sites (tertiary alicyclic amines) is 1. The molecule has 1 aliphatic heterocycles. The van der Waals surface area contributed by atoms with Gasteiger partial charge in [-0.25, -0.2) is 0 Å². The van der Waals surface area contributed by atoms with Crippen LogP contribution in [0.4, 0.5) is 0 Å². The van der Waals surface area contributed by atoms with Gasteiger partial charge in [-0.3, -0.25) is 14.4 Å². The van der Waals surface area contributed by atoms with Crippen LogP contribution >= 0.6 is 0 Å². The van der Waals surface area contributed by atoms with Crippen LogP contribution in [0.15, 0.2) is 47.3 Å². The molecule has 2 amide bonds. The fourth-order valence-corrected chi connectivity index (χ4v) is 2.78. The Morgan fingerprint density at radius 1 is 1.13 bits per heavy atom. The van der Waals surface area contributed by atoms with E-state index in [1.807, 2.05) is 30.3 Å². The summed E-state index contributed by atoms with van der Waals surface area (Å²) in [5.74, 6) is -1.11. The largest absolute Gasteiger partial charge is 0.369 e. The molecular weight excluding hydrogens is 294 g/mol. The van der Waals surface area contributed by atoms with Crippen LogP contribution in [-0.4, -0.2) is 34.8 Å². The van der Waals surface area contributed by atoms with E-state index in [1.54, 1.807) is 6.07 Å². The normalized spacial score (nSPS) is 17.2. The summed E-state index contributed by atoms with van der Waals surface area (Å²) < 4.78 is 0. The fraction of sp³-hybridized carbons (Fsp3) is 0.235. The summed E-state index contributed by atoms with van der Waals surface area (Å²) in [5.41, 5.74) is 6.44. The average Bonchev–Trinajstić information content (AvgIpc) is 3.05. The molecule has 1 saturated heterocycles. The zero-order chi connectivity index (χ0) is 16.4. The summed E-state index contributed by atoms with van der Waals surface area (Å²) in [6.45, 7) is 0.709. The summed E-state index contributed by atoms with van der Waals surface area (Å²) in [6, 6.07) is 12.6. The number of carbonyl (C=O) groups is 2. The third kappa shape index (κ3) is 3.01. The molecule has 2 aromatic rings. The summed E-state index contributed by atoms with van der Waals surface area (Å²) in [7, 11) is 0. The average molecular weight is 311 g/mol. The Morgan fingerprint density at radius 3 is 2.48 bits per heavy atom. The molecule has 23 heavy (non-hydrogen) atoms. The molecule has 6 nitrogen and oxygen atoms in total. The number of amides is 2. The van der Waals surface area contributed by atoms with Crippen molar-refractivity contribution in [2.24, 2.45) is 11.7 Å². The molecule has 3 N–H and O–H groups in total. The number of benzene rings is 1. The van der Waals surface area contributed by atoms with E-state index in [4.69, 9.17) is 5.73 Å². The van der Waals surface area contributed by atoms with E-state index in [0.717, 1.165) is 5.56 Å². The summed E-state index contributed by atoms with van der Waals surface area (Å²) in [4.78, 5) is 40.1. The monoisotopic (exact) mass is 311 g/mol. The van der Waals surface area contributed by atoms with Crippen LogP contribution in [-0.2, 0) is 4.79 Å². The first-order chi connectivity index (χ1) is 11.1. The maximum absolute atomic E-state index is 12.4. The van der Waals surface area contributed by atoms with Gasteiger partial charge in [0.2, 0.25) is 5.91 Å². The van der Waals surface area contributed by atoms with Crippen LogP contribution in [0.25, 0.3) is 11.3 Å². The van der Waals surface area contributed by atoms with Gasteiger partial charge in [0.05, 0.1) is 5.92 Å². The second-order valence-corrected chi connectivity index (χ2v) is 5.62. The molecule has 3 rings (SSSR count). The van der Waals surface area contributed by atoms with Crippen LogP contribution in [0.5, 0.6) is 0 Å². The molecule has 0 radical (unpaired) electrons. The van der Waals surface area contributed by atoms with Gasteiger partial charge in [0.1, 0.15) is 5.56 Å². The number of nitrogens with zero attached hydrogens (tertiary/aromatic N) is 1. The van der Waals surface area contributed by atoms with Gasteiger partial charge < -0.3 is 15.6 Å². The van der Waals surface area contributed by atoms with Crippen molar-refractivity contribution in [2.45, 2.75) is 6.42 Å². The molecule has 0 aliphatic carbocycles. The van der Waals surface area contributed by atoms with Gasteiger partial charge >= 0.3 is 0 Å². The van der Waals surface area contributed by atoms with Crippen molar-refractivity contribution >= 4 is 11.8 Å². The first kappa shape index (κ1) is 15.0. The Balaban J connectivity index is 1.83. The van der Waals surface area contributed by atoms with E-state index in [0.29, 0.717) is 18.7 Å². The predicted molar refractivity (Wildman–Crippen MR) is 85.7 cm³/mol. The number of hydrogen-bond acceptors (Lipinski definition) is 3. The molecule has 1 fully saturated rings. The Morgan fingerprint density at radius 2 is 1.87 bits per heavy atom. The lowest BCUT2D eigenvalue weighted by atomic mass is 10.1. The number of aromatic nitrogens is 1. The van der Waals surface area contributed by atoms with Crippen LogP contribution < -0.4 is 11.3 Å². The molecule has 2 heterocycles. The predicted octanol–water partition coefficient (Wildman–Crippen LogP) is 0.989. The van der Waals surface area contributed by atoms with Crippen molar-refractivity contribution in [1.29, 1.82) is 0 Å². The number of hydrogen-bond donors (Lipinski definition) is 2. The van der Waals surface area contributed by atoms with Crippen molar-refractivity contribution in [3.63, 3.8) is 0 Å². The maximum atomic E-state index is 12.4. The molecule has 0 saturated carbocycles. The number of H-pyrrole nitrogens is 1. The fourth-order valence-electron chi connectivity index (χ4n) is 2.78. The number of primary amides is 1. The molecule has 0 spiro atoms. The van der Waals surface area contributed by atoms with Gasteiger partial charge in [-0.15, -0.1) is 0 Å². The van der Waals surface area contributed by atoms with Gasteiger partial charge in [-0.2, -0.15) is 0 Å². The van der Waals surface area contributed by atoms with E-state index >= 15 is 0 Å². The lowest BCUT2D eigenvalue weighted by Crippen LogP contribution is -2.34. The molecule has 118 valence electrons. The van der Waals surface area contributed by atoms with E-state index < -0.39 is 11.5 Å². The van der Waals surface area contributed by atoms with Crippen LogP contribution in [0, 0.1) is 5.92 Å². The molecule has 1 unspecified atom stereocenters. The standard InChI is InChI=1S/C17H17N3O3/c18-15(21)12-8-9-20(10-12)17(23)13-6-7-14(19-16(13)22)11-4-2-1-3-5-11/h1-7,12H,8-10H2,(H2,18,21)(H,19,22). The van der Waals surface area contributed by atoms with Gasteiger partial charge in [0.25, 0.3) is 11.5 Å². The summed E-state index contributed by atoms with van der Waals surface area (Å²) in [6.07, 6.45) is 0.543. The Labute approximate surface area is 132 Å². The Bertz CT molecular complexity index is 798. The first-order valence-corrected chi connectivity index (χ1v) is 7.43. The minimum atomic E-state index is -0.432. The third-order valence-corrected chi connectivity index (χ3v) is 4.10. The number of nitrogens with two attached hydrogens (primary N) is 1. The quantitative estimate of drug-likeness (QED) is 0.884. The zero-order valence-electron chi connectivity index (χ0n) is 12.5. The third-order valence-electron chi connectivity index (χ3n) is 4.10. The van der Waals surface area contributed by atoms with Crippen molar-refractivity contribution in [3.05, 3.63) is 58.4 Å². The van der Waals surface area contributed by atoms with Crippen molar-refractivity contribution in [1.82, 2.24) is 9.88 Å². The highest BCUT2D eigenvalue weighted by Gasteiger charge is 2.31. The number of nitrogens with one attached hydrogen (secondary N) is 1. The number of rotatable bonds is 3. The first-order valence-electron chi connectivity index (χ1n) is 7.43. The van der Waals surface area contributed by atoms with E-state index in [-0.39, 0.29) is 23.9 Å². The molecule has 6 heteroatoms. The van der Waals surface area contributed by atoms with E-state index in [9.17, 15) is 14.4 Å². The lowest BCUT2D eigenvalue weighted by molar-refractivity contribution is -0.121. The molecule has 1 atom stereocenters. The van der Waals surface area contributed by atoms with Gasteiger partial charge in [0, 0.05) is 18.8 Å². The van der Waals surface area contributed by atoms with Gasteiger partial charge in [-0.05, 0) is 24.1 Å². The molecule has 1 aliphatic rings. The topological polar surface area (TPSA) is 96.3 Å². The zero-order valence-corrected chi connectivity index (χ0v) is 12.5. The molecule has 1 aromatic heterocycles. The van der Waals surface area contributed by atoms with E-state index in [1.165, 1.54) is 11.0 Å². The number of carbonyl (C=O) groups excluding carboxylic acids is 2. The number of pyridine rings is 1. The van der Waals surface area contributed by atoms with Gasteiger partial charge in [-0.1, -0.05) is 30.3 Å². The summed E-state index contributed by atoms with van der Waals surface area (Å²) in [5, 5.41) is 0. The highest BCUT2D eigenvalue weighted by Crippen LogP contribution is 2.19. The minimum absolute atomic E-state index is 0.0785. The maximum Gasteiger partial charge on any atom is 0.261 e. The Kier molecular flexibility index (Phi) is 3.97. The molecule has 0 bridgehead atoms. The SMILES string of the molecule is NC(=O)C1CCN(C(=O)c2ccc(-c3ccccc3)[nH]c2=O)C1. The van der Waals surface area contributed by atoms with Crippen molar-refractivity contribution in [2.75, 3.05) is 13.1 Å². The Hall–Kier alpha value is -2.89. The highest BCUT2D eigenvalue weighted by atomic mass is 16.2. The second-order valence-electron chi connectivity index (χ2n) is 5.62. The second kappa shape index (κ2) is 6.08. The van der Waals surface area contributed by atoms with Crippen LogP contribution in [0.3, 0.4) is 0 Å². The van der Waals surface area contributed by atoms with Crippen LogP contribution in [0.1, 0.15) is 16.8 Å². The van der Waals surface area contributed by atoms with Gasteiger partial charge in [0.15, 0.2) is 0 Å². The summed E-state index contributed by atoms with van der Waals surface area (Å²) >= 11 is 0. The van der Waals surface area contributed by atoms with Crippen molar-refractivity contribution < 1.29 is 9.59 Å². The molecule has 1 aromatic carbocycles. The minimum Gasteiger partial charge on any atom is -0.369 e. The molecular formula is C17H17N3O3.